The minimum absolute atomic E-state index is 0.127. The Morgan fingerprint density at radius 2 is 1.62 bits per heavy atom. The van der Waals surface area contributed by atoms with E-state index in [1.165, 1.54) is 6.07 Å². The highest BCUT2D eigenvalue weighted by molar-refractivity contribution is 5.84. The van der Waals surface area contributed by atoms with Crippen LogP contribution in [0, 0.1) is 0 Å². The molecule has 3 aromatic rings. The number of alkyl halides is 3. The zero-order chi connectivity index (χ0) is 15.0. The standard InChI is InChI=1S/C16H9F3O2/c17-16(18,19)12-6-7-13-11(8-12)9-14(21-15(13)20)10-4-2-1-3-5-10/h1-9H. The Labute approximate surface area is 117 Å². The van der Waals surface area contributed by atoms with Gasteiger partial charge in [-0.25, -0.2) is 4.79 Å². The number of fused-ring (bicyclic) bond motifs is 1. The maximum atomic E-state index is 12.7. The van der Waals surface area contributed by atoms with Crippen molar-refractivity contribution in [1.82, 2.24) is 0 Å². The molecule has 106 valence electrons. The van der Waals surface area contributed by atoms with Gasteiger partial charge in [0.2, 0.25) is 0 Å². The summed E-state index contributed by atoms with van der Waals surface area (Å²) >= 11 is 0. The van der Waals surface area contributed by atoms with Crippen LogP contribution in [-0.4, -0.2) is 0 Å². The van der Waals surface area contributed by atoms with Gasteiger partial charge in [0, 0.05) is 5.56 Å². The number of rotatable bonds is 1. The Balaban J connectivity index is 2.24. The zero-order valence-corrected chi connectivity index (χ0v) is 10.6. The van der Waals surface area contributed by atoms with Crippen LogP contribution in [0.5, 0.6) is 0 Å². The highest BCUT2D eigenvalue weighted by Crippen LogP contribution is 2.31. The number of halogens is 3. The normalized spacial score (nSPS) is 11.8. The van der Waals surface area contributed by atoms with Gasteiger partial charge in [-0.15, -0.1) is 0 Å². The van der Waals surface area contributed by atoms with E-state index < -0.39 is 17.4 Å². The molecule has 2 aromatic carbocycles. The molecule has 0 unspecified atom stereocenters. The molecule has 0 N–H and O–H groups in total. The smallest absolute Gasteiger partial charge is 0.416 e. The van der Waals surface area contributed by atoms with Crippen LogP contribution >= 0.6 is 0 Å². The highest BCUT2D eigenvalue weighted by Gasteiger charge is 2.30. The molecule has 0 aliphatic carbocycles. The zero-order valence-electron chi connectivity index (χ0n) is 10.6. The van der Waals surface area contributed by atoms with Gasteiger partial charge in [0.1, 0.15) is 5.76 Å². The first-order chi connectivity index (χ1) is 9.95. The van der Waals surface area contributed by atoms with Crippen LogP contribution in [0.15, 0.2) is 63.8 Å². The third kappa shape index (κ3) is 2.54. The lowest BCUT2D eigenvalue weighted by Crippen LogP contribution is -2.06. The molecule has 0 aliphatic heterocycles. The molecule has 1 aromatic heterocycles. The summed E-state index contributed by atoms with van der Waals surface area (Å²) in [5.41, 5.74) is -0.811. The van der Waals surface area contributed by atoms with Gasteiger partial charge in [-0.2, -0.15) is 13.2 Å². The van der Waals surface area contributed by atoms with Crippen LogP contribution < -0.4 is 5.63 Å². The quantitative estimate of drug-likeness (QED) is 0.661. The molecule has 21 heavy (non-hydrogen) atoms. The van der Waals surface area contributed by atoms with Crippen LogP contribution in [0.4, 0.5) is 13.2 Å². The Morgan fingerprint density at radius 3 is 2.29 bits per heavy atom. The second kappa shape index (κ2) is 4.77. The van der Waals surface area contributed by atoms with Gasteiger partial charge in [-0.05, 0) is 29.7 Å². The number of hydrogen-bond acceptors (Lipinski definition) is 2. The Hall–Kier alpha value is -2.56. The fraction of sp³-hybridized carbons (Fsp3) is 0.0625. The molecule has 0 spiro atoms. The molecule has 5 heteroatoms. The van der Waals surface area contributed by atoms with Gasteiger partial charge < -0.3 is 4.42 Å². The summed E-state index contributed by atoms with van der Waals surface area (Å²) in [6.45, 7) is 0. The van der Waals surface area contributed by atoms with E-state index in [0.29, 0.717) is 5.56 Å². The fourth-order valence-electron chi connectivity index (χ4n) is 2.11. The van der Waals surface area contributed by atoms with Crippen molar-refractivity contribution in [2.75, 3.05) is 0 Å². The summed E-state index contributed by atoms with van der Waals surface area (Å²) < 4.78 is 43.4. The third-order valence-corrected chi connectivity index (χ3v) is 3.15. The van der Waals surface area contributed by atoms with Gasteiger partial charge in [0.05, 0.1) is 10.9 Å². The van der Waals surface area contributed by atoms with E-state index in [4.69, 9.17) is 4.42 Å². The van der Waals surface area contributed by atoms with Crippen LogP contribution in [0.2, 0.25) is 0 Å². The van der Waals surface area contributed by atoms with Gasteiger partial charge in [-0.1, -0.05) is 30.3 Å². The minimum atomic E-state index is -4.45. The maximum absolute atomic E-state index is 12.7. The van der Waals surface area contributed by atoms with Crippen molar-refractivity contribution in [3.8, 4) is 11.3 Å². The van der Waals surface area contributed by atoms with E-state index in [-0.39, 0.29) is 16.5 Å². The average molecular weight is 290 g/mol. The lowest BCUT2D eigenvalue weighted by molar-refractivity contribution is -0.137. The van der Waals surface area contributed by atoms with E-state index in [0.717, 1.165) is 18.2 Å². The second-order valence-electron chi connectivity index (χ2n) is 4.56. The molecular formula is C16H9F3O2. The number of hydrogen-bond donors (Lipinski definition) is 0. The first-order valence-corrected chi connectivity index (χ1v) is 6.16. The molecular weight excluding hydrogens is 281 g/mol. The Kier molecular flexibility index (Phi) is 3.05. The van der Waals surface area contributed by atoms with Crippen molar-refractivity contribution in [2.24, 2.45) is 0 Å². The molecule has 2 nitrogen and oxygen atoms in total. The summed E-state index contributed by atoms with van der Waals surface area (Å²) in [5.74, 6) is 0.243. The molecule has 0 amide bonds. The number of benzene rings is 2. The van der Waals surface area contributed by atoms with Crippen molar-refractivity contribution in [3.63, 3.8) is 0 Å². The molecule has 0 atom stereocenters. The first kappa shape index (κ1) is 13.4. The summed E-state index contributed by atoms with van der Waals surface area (Å²) in [7, 11) is 0. The fourth-order valence-corrected chi connectivity index (χ4v) is 2.11. The van der Waals surface area contributed by atoms with Gasteiger partial charge in [0.15, 0.2) is 0 Å². The lowest BCUT2D eigenvalue weighted by atomic mass is 10.1. The molecule has 0 aliphatic rings. The highest BCUT2D eigenvalue weighted by atomic mass is 19.4. The molecule has 0 radical (unpaired) electrons. The van der Waals surface area contributed by atoms with Crippen molar-refractivity contribution in [1.29, 1.82) is 0 Å². The molecule has 0 fully saturated rings. The topological polar surface area (TPSA) is 30.2 Å². The maximum Gasteiger partial charge on any atom is 0.416 e. The summed E-state index contributed by atoms with van der Waals surface area (Å²) in [4.78, 5) is 11.9. The summed E-state index contributed by atoms with van der Waals surface area (Å²) in [5, 5.41) is 0.336. The average Bonchev–Trinajstić information content (AvgIpc) is 2.46. The monoisotopic (exact) mass is 290 g/mol. The van der Waals surface area contributed by atoms with Crippen LogP contribution in [0.25, 0.3) is 22.1 Å². The van der Waals surface area contributed by atoms with Crippen LogP contribution in [0.3, 0.4) is 0 Å². The van der Waals surface area contributed by atoms with Crippen molar-refractivity contribution >= 4 is 10.8 Å². The van der Waals surface area contributed by atoms with E-state index in [2.05, 4.69) is 0 Å². The lowest BCUT2D eigenvalue weighted by Gasteiger charge is -2.08. The molecule has 0 bridgehead atoms. The van der Waals surface area contributed by atoms with E-state index >= 15 is 0 Å². The SMILES string of the molecule is O=c1oc(-c2ccccc2)cc2cc(C(F)(F)F)ccc12. The van der Waals surface area contributed by atoms with E-state index in [9.17, 15) is 18.0 Å². The largest absolute Gasteiger partial charge is 0.422 e. The van der Waals surface area contributed by atoms with Gasteiger partial charge in [-0.3, -0.25) is 0 Å². The third-order valence-electron chi connectivity index (χ3n) is 3.15. The summed E-state index contributed by atoms with van der Waals surface area (Å²) in [6, 6.07) is 13.2. The summed E-state index contributed by atoms with van der Waals surface area (Å²) in [6.07, 6.45) is -4.45. The van der Waals surface area contributed by atoms with Gasteiger partial charge in [0.25, 0.3) is 0 Å². The van der Waals surface area contributed by atoms with Crippen molar-refractivity contribution in [2.45, 2.75) is 6.18 Å². The van der Waals surface area contributed by atoms with Crippen molar-refractivity contribution < 1.29 is 17.6 Å². The molecule has 3 rings (SSSR count). The van der Waals surface area contributed by atoms with Crippen LogP contribution in [-0.2, 0) is 6.18 Å². The molecule has 0 saturated heterocycles. The van der Waals surface area contributed by atoms with E-state index in [1.807, 2.05) is 0 Å². The predicted molar refractivity (Wildman–Crippen MR) is 72.9 cm³/mol. The Morgan fingerprint density at radius 1 is 0.905 bits per heavy atom. The predicted octanol–water partition coefficient (Wildman–Crippen LogP) is 4.48. The Bertz CT molecular complexity index is 849. The second-order valence-corrected chi connectivity index (χ2v) is 4.56. The van der Waals surface area contributed by atoms with Crippen LogP contribution in [0.1, 0.15) is 5.56 Å². The van der Waals surface area contributed by atoms with E-state index in [1.54, 1.807) is 30.3 Å². The van der Waals surface area contributed by atoms with Gasteiger partial charge >= 0.3 is 11.8 Å². The molecule has 1 heterocycles. The minimum Gasteiger partial charge on any atom is -0.422 e. The van der Waals surface area contributed by atoms with Crippen molar-refractivity contribution in [3.05, 3.63) is 70.6 Å². The first-order valence-electron chi connectivity index (χ1n) is 6.16. The molecule has 0 saturated carbocycles.